The van der Waals surface area contributed by atoms with Gasteiger partial charge in [-0.3, -0.25) is 0 Å². The Morgan fingerprint density at radius 3 is 2.64 bits per heavy atom. The number of hydrogen-bond acceptors (Lipinski definition) is 3. The van der Waals surface area contributed by atoms with Gasteiger partial charge >= 0.3 is 6.03 Å². The lowest BCUT2D eigenvalue weighted by molar-refractivity contribution is 0.122. The Hall–Kier alpha value is -2.60. The van der Waals surface area contributed by atoms with E-state index in [2.05, 4.69) is 34.5 Å². The monoisotopic (exact) mass is 383 g/mol. The molecule has 2 heterocycles. The lowest BCUT2D eigenvalue weighted by Gasteiger charge is -2.29. The van der Waals surface area contributed by atoms with Crippen LogP contribution in [0.5, 0.6) is 0 Å². The summed E-state index contributed by atoms with van der Waals surface area (Å²) in [6.45, 7) is 4.52. The molecular formula is C22H26FN3O2. The van der Waals surface area contributed by atoms with Crippen LogP contribution in [0, 0.1) is 5.82 Å². The molecule has 0 aliphatic carbocycles. The van der Waals surface area contributed by atoms with Gasteiger partial charge in [0.25, 0.3) is 0 Å². The molecule has 0 spiro atoms. The highest BCUT2D eigenvalue weighted by molar-refractivity contribution is 5.75. The predicted molar refractivity (Wildman–Crippen MR) is 107 cm³/mol. The third-order valence-corrected chi connectivity index (χ3v) is 5.50. The lowest BCUT2D eigenvalue weighted by Crippen LogP contribution is -2.39. The first kappa shape index (κ1) is 18.7. The van der Waals surface area contributed by atoms with Gasteiger partial charge in [-0.2, -0.15) is 0 Å². The Morgan fingerprint density at radius 1 is 1.11 bits per heavy atom. The number of ether oxygens (including phenoxy) is 1. The number of nitrogens with one attached hydrogen (secondary N) is 1. The molecule has 28 heavy (non-hydrogen) atoms. The van der Waals surface area contributed by atoms with E-state index in [-0.39, 0.29) is 17.9 Å². The first-order valence-electron chi connectivity index (χ1n) is 9.92. The number of amides is 2. The zero-order chi connectivity index (χ0) is 19.3. The molecule has 2 aromatic rings. The van der Waals surface area contributed by atoms with Crippen molar-refractivity contribution >= 4 is 11.7 Å². The number of hydrogen-bond donors (Lipinski definition) is 1. The van der Waals surface area contributed by atoms with Crippen LogP contribution in [0.25, 0.3) is 0 Å². The fourth-order valence-corrected chi connectivity index (χ4v) is 4.00. The van der Waals surface area contributed by atoms with Gasteiger partial charge in [0, 0.05) is 31.9 Å². The van der Waals surface area contributed by atoms with Gasteiger partial charge in [0.2, 0.25) is 0 Å². The molecule has 1 unspecified atom stereocenters. The van der Waals surface area contributed by atoms with Crippen LogP contribution in [0.4, 0.5) is 14.9 Å². The second kappa shape index (κ2) is 8.61. The molecule has 2 saturated heterocycles. The maximum atomic E-state index is 13.6. The molecule has 148 valence electrons. The summed E-state index contributed by atoms with van der Waals surface area (Å²) in [5, 5.41) is 3.01. The molecule has 4 rings (SSSR count). The van der Waals surface area contributed by atoms with Crippen molar-refractivity contribution < 1.29 is 13.9 Å². The highest BCUT2D eigenvalue weighted by Gasteiger charge is 2.30. The Labute approximate surface area is 165 Å². The predicted octanol–water partition coefficient (Wildman–Crippen LogP) is 3.71. The van der Waals surface area contributed by atoms with Crippen molar-refractivity contribution in [3.05, 3.63) is 65.5 Å². The van der Waals surface area contributed by atoms with E-state index in [9.17, 15) is 9.18 Å². The fourth-order valence-electron chi connectivity index (χ4n) is 4.00. The van der Waals surface area contributed by atoms with Gasteiger partial charge in [0.05, 0.1) is 19.3 Å². The van der Waals surface area contributed by atoms with E-state index in [1.54, 1.807) is 6.07 Å². The Kier molecular flexibility index (Phi) is 5.76. The molecule has 2 aliphatic rings. The molecule has 6 heteroatoms. The summed E-state index contributed by atoms with van der Waals surface area (Å²) in [5.74, 6) is -0.259. The molecule has 2 aromatic carbocycles. The zero-order valence-electron chi connectivity index (χ0n) is 15.9. The molecule has 2 amide bonds. The highest BCUT2D eigenvalue weighted by Crippen LogP contribution is 2.32. The van der Waals surface area contributed by atoms with Crippen molar-refractivity contribution in [1.29, 1.82) is 0 Å². The van der Waals surface area contributed by atoms with Crippen LogP contribution in [0.2, 0.25) is 0 Å². The standard InChI is InChI=1S/C22H26FN3O2/c23-19-4-1-3-18(15-19)21-5-2-10-26(21)22(27)24-16-17-6-8-20(9-7-17)25-11-13-28-14-12-25/h1,3-4,6-9,15,21H,2,5,10-14,16H2,(H,24,27). The summed E-state index contributed by atoms with van der Waals surface area (Å²) in [6, 6.07) is 14.7. The number of nitrogens with zero attached hydrogens (tertiary/aromatic N) is 2. The number of anilines is 1. The SMILES string of the molecule is O=C(NCc1ccc(N2CCOCC2)cc1)N1CCCC1c1cccc(F)c1. The Balaban J connectivity index is 1.34. The largest absolute Gasteiger partial charge is 0.378 e. The number of halogens is 1. The fraction of sp³-hybridized carbons (Fsp3) is 0.409. The van der Waals surface area contributed by atoms with Crippen molar-refractivity contribution in [2.75, 3.05) is 37.7 Å². The van der Waals surface area contributed by atoms with Crippen molar-refractivity contribution in [1.82, 2.24) is 10.2 Å². The van der Waals surface area contributed by atoms with Crippen molar-refractivity contribution in [2.45, 2.75) is 25.4 Å². The average Bonchev–Trinajstić information content (AvgIpc) is 3.23. The number of rotatable bonds is 4. The molecular weight excluding hydrogens is 357 g/mol. The number of likely N-dealkylation sites (tertiary alicyclic amines) is 1. The van der Waals surface area contributed by atoms with E-state index in [4.69, 9.17) is 4.74 Å². The smallest absolute Gasteiger partial charge is 0.318 e. The van der Waals surface area contributed by atoms with Crippen LogP contribution in [-0.2, 0) is 11.3 Å². The van der Waals surface area contributed by atoms with Crippen LogP contribution >= 0.6 is 0 Å². The second-order valence-corrected chi connectivity index (χ2v) is 7.33. The zero-order valence-corrected chi connectivity index (χ0v) is 15.9. The van der Waals surface area contributed by atoms with E-state index in [1.807, 2.05) is 11.0 Å². The first-order chi connectivity index (χ1) is 13.7. The summed E-state index contributed by atoms with van der Waals surface area (Å²) >= 11 is 0. The molecule has 2 aliphatic heterocycles. The summed E-state index contributed by atoms with van der Waals surface area (Å²) in [7, 11) is 0. The number of carbonyl (C=O) groups is 1. The first-order valence-corrected chi connectivity index (χ1v) is 9.92. The molecule has 2 fully saturated rings. The van der Waals surface area contributed by atoms with Gasteiger partial charge in [0.15, 0.2) is 0 Å². The third-order valence-electron chi connectivity index (χ3n) is 5.50. The van der Waals surface area contributed by atoms with Gasteiger partial charge < -0.3 is 19.9 Å². The molecule has 0 aromatic heterocycles. The van der Waals surface area contributed by atoms with Crippen molar-refractivity contribution in [3.8, 4) is 0 Å². The minimum Gasteiger partial charge on any atom is -0.378 e. The van der Waals surface area contributed by atoms with Gasteiger partial charge in [-0.05, 0) is 48.2 Å². The van der Waals surface area contributed by atoms with Crippen LogP contribution in [0.3, 0.4) is 0 Å². The molecule has 0 radical (unpaired) electrons. The van der Waals surface area contributed by atoms with Crippen LogP contribution in [0.1, 0.15) is 30.0 Å². The van der Waals surface area contributed by atoms with Gasteiger partial charge in [-0.1, -0.05) is 24.3 Å². The minimum atomic E-state index is -0.259. The van der Waals surface area contributed by atoms with Crippen molar-refractivity contribution in [2.24, 2.45) is 0 Å². The molecule has 0 saturated carbocycles. The Morgan fingerprint density at radius 2 is 1.89 bits per heavy atom. The van der Waals surface area contributed by atoms with E-state index in [0.717, 1.165) is 50.3 Å². The number of benzene rings is 2. The van der Waals surface area contributed by atoms with Crippen LogP contribution in [-0.4, -0.2) is 43.8 Å². The lowest BCUT2D eigenvalue weighted by atomic mass is 10.0. The molecule has 1 N–H and O–H groups in total. The Bertz CT molecular complexity index is 806. The van der Waals surface area contributed by atoms with Crippen LogP contribution in [0.15, 0.2) is 48.5 Å². The van der Waals surface area contributed by atoms with Crippen LogP contribution < -0.4 is 10.2 Å². The van der Waals surface area contributed by atoms with Gasteiger partial charge in [-0.25, -0.2) is 9.18 Å². The van der Waals surface area contributed by atoms with E-state index < -0.39 is 0 Å². The van der Waals surface area contributed by atoms with E-state index in [1.165, 1.54) is 17.8 Å². The third kappa shape index (κ3) is 4.28. The maximum absolute atomic E-state index is 13.6. The maximum Gasteiger partial charge on any atom is 0.318 e. The number of urea groups is 1. The molecule has 5 nitrogen and oxygen atoms in total. The highest BCUT2D eigenvalue weighted by atomic mass is 19.1. The minimum absolute atomic E-state index is 0.0561. The summed E-state index contributed by atoms with van der Waals surface area (Å²) < 4.78 is 18.9. The average molecular weight is 383 g/mol. The molecule has 1 atom stereocenters. The number of carbonyl (C=O) groups excluding carboxylic acids is 1. The number of morpholine rings is 1. The van der Waals surface area contributed by atoms with Gasteiger partial charge in [0.1, 0.15) is 5.82 Å². The summed E-state index contributed by atoms with van der Waals surface area (Å²) in [6.07, 6.45) is 1.80. The molecule has 0 bridgehead atoms. The summed E-state index contributed by atoms with van der Waals surface area (Å²) in [5.41, 5.74) is 3.11. The van der Waals surface area contributed by atoms with E-state index in [0.29, 0.717) is 13.1 Å². The second-order valence-electron chi connectivity index (χ2n) is 7.33. The normalized spacial score (nSPS) is 19.7. The summed E-state index contributed by atoms with van der Waals surface area (Å²) in [4.78, 5) is 16.8. The topological polar surface area (TPSA) is 44.8 Å². The quantitative estimate of drug-likeness (QED) is 0.875. The van der Waals surface area contributed by atoms with E-state index >= 15 is 0 Å². The van der Waals surface area contributed by atoms with Gasteiger partial charge in [-0.15, -0.1) is 0 Å². The van der Waals surface area contributed by atoms with Crippen molar-refractivity contribution in [3.63, 3.8) is 0 Å².